The highest BCUT2D eigenvalue weighted by atomic mass is 32.1. The van der Waals surface area contributed by atoms with E-state index in [4.69, 9.17) is 17.0 Å². The van der Waals surface area contributed by atoms with Crippen LogP contribution in [0.4, 0.5) is 4.39 Å². The molecular weight excluding hydrogens is 411 g/mol. The van der Waals surface area contributed by atoms with E-state index in [0.29, 0.717) is 18.2 Å². The zero-order valence-electron chi connectivity index (χ0n) is 18.1. The molecule has 0 amide bonds. The Morgan fingerprint density at radius 3 is 2.71 bits per heavy atom. The summed E-state index contributed by atoms with van der Waals surface area (Å²) in [6.07, 6.45) is 3.93. The number of hydrogen-bond donors (Lipinski definition) is 1. The van der Waals surface area contributed by atoms with Gasteiger partial charge < -0.3 is 19.5 Å². The van der Waals surface area contributed by atoms with Crippen molar-refractivity contribution in [1.29, 1.82) is 0 Å². The fraction of sp³-hybridized carbons (Fsp3) is 0.417. The largest absolute Gasteiger partial charge is 0.497 e. The number of ether oxygens (including phenoxy) is 1. The number of piperidine rings is 1. The fourth-order valence-corrected chi connectivity index (χ4v) is 4.35. The molecule has 2 heterocycles. The van der Waals surface area contributed by atoms with Crippen LogP contribution >= 0.6 is 12.2 Å². The summed E-state index contributed by atoms with van der Waals surface area (Å²) in [6, 6.07) is 11.8. The lowest BCUT2D eigenvalue weighted by molar-refractivity contribution is 0.191. The molecule has 31 heavy (non-hydrogen) atoms. The van der Waals surface area contributed by atoms with E-state index in [-0.39, 0.29) is 5.82 Å². The maximum Gasteiger partial charge on any atom is 0.126 e. The fourth-order valence-electron chi connectivity index (χ4n) is 4.11. The summed E-state index contributed by atoms with van der Waals surface area (Å²) in [5, 5.41) is 3.59. The summed E-state index contributed by atoms with van der Waals surface area (Å²) < 4.78 is 22.0. The van der Waals surface area contributed by atoms with Crippen LogP contribution in [0, 0.1) is 17.4 Å². The third-order valence-corrected chi connectivity index (χ3v) is 6.44. The summed E-state index contributed by atoms with van der Waals surface area (Å²) in [5.41, 5.74) is 3.62. The monoisotopic (exact) mass is 440 g/mol. The Morgan fingerprint density at radius 1 is 1.16 bits per heavy atom. The van der Waals surface area contributed by atoms with Gasteiger partial charge in [-0.2, -0.15) is 0 Å². The normalized spacial score (nSPS) is 15.5. The standard InChI is InChI=1S/C24H29FN4OS/c1-17-3-4-18(13-21(17)25)15-26-19-7-9-28(10-8-19)11-12-29-23-14-20(30-2)5-6-22(23)27-16-24(29)31/h3-6,13-14,16,19,26H,7-12,15H2,1-2H3. The van der Waals surface area contributed by atoms with Gasteiger partial charge in [-0.05, 0) is 62.2 Å². The van der Waals surface area contributed by atoms with Crippen LogP contribution in [-0.2, 0) is 13.1 Å². The molecule has 1 saturated heterocycles. The second-order valence-electron chi connectivity index (χ2n) is 8.18. The van der Waals surface area contributed by atoms with Gasteiger partial charge in [0.2, 0.25) is 0 Å². The number of aromatic nitrogens is 2. The Hall–Kier alpha value is -2.35. The van der Waals surface area contributed by atoms with Gasteiger partial charge in [0.25, 0.3) is 0 Å². The summed E-state index contributed by atoms with van der Waals surface area (Å²) in [4.78, 5) is 6.94. The Labute approximate surface area is 187 Å². The first-order valence-corrected chi connectivity index (χ1v) is 11.2. The van der Waals surface area contributed by atoms with Crippen molar-refractivity contribution >= 4 is 23.3 Å². The van der Waals surface area contributed by atoms with Crippen molar-refractivity contribution in [2.24, 2.45) is 0 Å². The SMILES string of the molecule is COc1ccc2ncc(=S)n(CCN3CCC(NCc4ccc(C)c(F)c4)CC3)c2c1. The van der Waals surface area contributed by atoms with Gasteiger partial charge in [0.05, 0.1) is 24.3 Å². The summed E-state index contributed by atoms with van der Waals surface area (Å²) in [5.74, 6) is 0.679. The van der Waals surface area contributed by atoms with E-state index in [0.717, 1.165) is 66.0 Å². The quantitative estimate of drug-likeness (QED) is 0.549. The molecule has 0 radical (unpaired) electrons. The number of benzene rings is 2. The van der Waals surface area contributed by atoms with Gasteiger partial charge in [-0.25, -0.2) is 4.39 Å². The minimum absolute atomic E-state index is 0.131. The molecule has 0 unspecified atom stereocenters. The van der Waals surface area contributed by atoms with Gasteiger partial charge in [-0.15, -0.1) is 0 Å². The van der Waals surface area contributed by atoms with Crippen LogP contribution in [0.3, 0.4) is 0 Å². The Morgan fingerprint density at radius 2 is 1.97 bits per heavy atom. The third-order valence-electron chi connectivity index (χ3n) is 6.11. The zero-order chi connectivity index (χ0) is 21.8. The van der Waals surface area contributed by atoms with Gasteiger partial charge in [0.1, 0.15) is 16.2 Å². The molecule has 1 N–H and O–H groups in total. The number of fused-ring (bicyclic) bond motifs is 1. The van der Waals surface area contributed by atoms with Crippen LogP contribution in [0.15, 0.2) is 42.6 Å². The molecule has 0 atom stereocenters. The van der Waals surface area contributed by atoms with Crippen molar-refractivity contribution in [1.82, 2.24) is 19.8 Å². The van der Waals surface area contributed by atoms with Crippen LogP contribution < -0.4 is 10.1 Å². The number of likely N-dealkylation sites (tertiary alicyclic amines) is 1. The van der Waals surface area contributed by atoms with E-state index in [2.05, 4.69) is 19.8 Å². The molecule has 3 aromatic rings. The van der Waals surface area contributed by atoms with E-state index in [1.54, 1.807) is 26.3 Å². The highest BCUT2D eigenvalue weighted by Gasteiger charge is 2.19. The molecule has 1 aromatic heterocycles. The Kier molecular flexibility index (Phi) is 6.95. The molecule has 5 nitrogen and oxygen atoms in total. The van der Waals surface area contributed by atoms with Crippen LogP contribution in [0.2, 0.25) is 0 Å². The van der Waals surface area contributed by atoms with E-state index in [1.165, 1.54) is 0 Å². The Balaban J connectivity index is 1.31. The van der Waals surface area contributed by atoms with Crippen LogP contribution in [0.5, 0.6) is 5.75 Å². The predicted octanol–water partition coefficient (Wildman–Crippen LogP) is 4.48. The second kappa shape index (κ2) is 9.85. The topological polar surface area (TPSA) is 42.3 Å². The lowest BCUT2D eigenvalue weighted by Crippen LogP contribution is -2.43. The molecule has 0 bridgehead atoms. The third kappa shape index (κ3) is 5.29. The van der Waals surface area contributed by atoms with Crippen LogP contribution in [-0.4, -0.2) is 47.2 Å². The maximum atomic E-state index is 13.7. The first-order chi connectivity index (χ1) is 15.0. The second-order valence-corrected chi connectivity index (χ2v) is 8.60. The molecule has 4 rings (SSSR count). The van der Waals surface area contributed by atoms with E-state index in [1.807, 2.05) is 30.3 Å². The summed E-state index contributed by atoms with van der Waals surface area (Å²) in [7, 11) is 1.67. The van der Waals surface area contributed by atoms with Crippen LogP contribution in [0.1, 0.15) is 24.0 Å². The van der Waals surface area contributed by atoms with Gasteiger partial charge in [-0.3, -0.25) is 4.98 Å². The average molecular weight is 441 g/mol. The highest BCUT2D eigenvalue weighted by molar-refractivity contribution is 7.71. The number of nitrogens with one attached hydrogen (secondary N) is 1. The summed E-state index contributed by atoms with van der Waals surface area (Å²) in [6.45, 7) is 6.36. The van der Waals surface area contributed by atoms with E-state index < -0.39 is 0 Å². The maximum absolute atomic E-state index is 13.7. The molecule has 2 aromatic carbocycles. The smallest absolute Gasteiger partial charge is 0.126 e. The van der Waals surface area contributed by atoms with Crippen molar-refractivity contribution in [2.75, 3.05) is 26.7 Å². The van der Waals surface area contributed by atoms with Crippen molar-refractivity contribution in [3.63, 3.8) is 0 Å². The van der Waals surface area contributed by atoms with Gasteiger partial charge >= 0.3 is 0 Å². The van der Waals surface area contributed by atoms with Crippen LogP contribution in [0.25, 0.3) is 11.0 Å². The highest BCUT2D eigenvalue weighted by Crippen LogP contribution is 2.20. The van der Waals surface area contributed by atoms with Gasteiger partial charge in [-0.1, -0.05) is 24.4 Å². The lowest BCUT2D eigenvalue weighted by atomic mass is 10.0. The summed E-state index contributed by atoms with van der Waals surface area (Å²) >= 11 is 5.55. The number of hydrogen-bond acceptors (Lipinski definition) is 5. The first kappa shape index (κ1) is 21.9. The van der Waals surface area contributed by atoms with Crippen molar-refractivity contribution < 1.29 is 9.13 Å². The molecular formula is C24H29FN4OS. The molecule has 7 heteroatoms. The first-order valence-electron chi connectivity index (χ1n) is 10.8. The number of nitrogens with zero attached hydrogens (tertiary/aromatic N) is 3. The van der Waals surface area contributed by atoms with Crippen molar-refractivity contribution in [3.8, 4) is 5.75 Å². The van der Waals surface area contributed by atoms with Gasteiger partial charge in [0, 0.05) is 31.7 Å². The van der Waals surface area contributed by atoms with E-state index in [9.17, 15) is 4.39 Å². The molecule has 0 spiro atoms. The lowest BCUT2D eigenvalue weighted by Gasteiger charge is -2.32. The van der Waals surface area contributed by atoms with Gasteiger partial charge in [0.15, 0.2) is 0 Å². The number of rotatable bonds is 7. The minimum atomic E-state index is -0.131. The number of halogens is 1. The minimum Gasteiger partial charge on any atom is -0.497 e. The molecule has 0 aliphatic carbocycles. The molecule has 1 aliphatic rings. The van der Waals surface area contributed by atoms with Crippen molar-refractivity contribution in [3.05, 3.63) is 64.2 Å². The number of methoxy groups -OCH3 is 1. The van der Waals surface area contributed by atoms with E-state index >= 15 is 0 Å². The number of aryl methyl sites for hydroxylation is 1. The predicted molar refractivity (Wildman–Crippen MR) is 125 cm³/mol. The molecule has 0 saturated carbocycles. The molecule has 164 valence electrons. The van der Waals surface area contributed by atoms with Crippen molar-refractivity contribution in [2.45, 2.75) is 38.9 Å². The Bertz CT molecular complexity index is 1110. The molecule has 1 fully saturated rings. The zero-order valence-corrected chi connectivity index (χ0v) is 18.9. The molecule has 1 aliphatic heterocycles. The average Bonchev–Trinajstić information content (AvgIpc) is 2.79.